The molecule has 0 saturated carbocycles. The summed E-state index contributed by atoms with van der Waals surface area (Å²) in [7, 11) is 0. The first-order chi connectivity index (χ1) is 20.8. The van der Waals surface area contributed by atoms with Crippen LogP contribution >= 0.6 is 0 Å². The second-order valence-electron chi connectivity index (χ2n) is 8.62. The molecule has 0 heterocycles. The number of carbonyl (C=O) groups is 7. The molecular formula is C29H32O15. The standard InChI is InChI=1S/C29H32O15/c1-6-21(31)38-14-28(13-30,15-39-22(32)7-2)16-43-26(36)11-12-27(37)44-20-29(17-40-23(33)8-3,18-41-24(34)9-4)19-42-25(35)10-5/h6-10,30H,1-5,13-20H2. The molecule has 0 atom stereocenters. The van der Waals surface area contributed by atoms with Gasteiger partial charge in [0.1, 0.15) is 51.7 Å². The lowest BCUT2D eigenvalue weighted by Crippen LogP contribution is -2.43. The van der Waals surface area contributed by atoms with E-state index in [0.29, 0.717) is 0 Å². The Morgan fingerprint density at radius 3 is 0.932 bits per heavy atom. The molecule has 0 aromatic carbocycles. The van der Waals surface area contributed by atoms with Crippen molar-refractivity contribution in [1.29, 1.82) is 0 Å². The molecule has 44 heavy (non-hydrogen) atoms. The molecule has 0 aromatic heterocycles. The molecule has 238 valence electrons. The second kappa shape index (κ2) is 20.4. The first-order valence-electron chi connectivity index (χ1n) is 12.3. The average Bonchev–Trinajstić information content (AvgIpc) is 3.05. The van der Waals surface area contributed by atoms with Crippen molar-refractivity contribution in [3.8, 4) is 11.8 Å². The summed E-state index contributed by atoms with van der Waals surface area (Å²) in [5.41, 5.74) is -3.25. The highest BCUT2D eigenvalue weighted by Gasteiger charge is 2.38. The van der Waals surface area contributed by atoms with E-state index in [0.717, 1.165) is 30.4 Å². The zero-order valence-corrected chi connectivity index (χ0v) is 23.7. The smallest absolute Gasteiger partial charge is 0.384 e. The van der Waals surface area contributed by atoms with Crippen molar-refractivity contribution in [2.24, 2.45) is 10.8 Å². The van der Waals surface area contributed by atoms with Crippen LogP contribution in [0.15, 0.2) is 63.3 Å². The minimum absolute atomic E-state index is 0.563. The number of aliphatic hydroxyl groups is 1. The Labute approximate surface area is 252 Å². The van der Waals surface area contributed by atoms with Crippen molar-refractivity contribution in [3.05, 3.63) is 63.3 Å². The van der Waals surface area contributed by atoms with E-state index in [1.54, 1.807) is 0 Å². The van der Waals surface area contributed by atoms with Gasteiger partial charge in [0.05, 0.1) is 12.0 Å². The number of hydrogen-bond acceptors (Lipinski definition) is 15. The monoisotopic (exact) mass is 620 g/mol. The quantitative estimate of drug-likeness (QED) is 0.0609. The van der Waals surface area contributed by atoms with Crippen LogP contribution < -0.4 is 0 Å². The van der Waals surface area contributed by atoms with Crippen LogP contribution in [0, 0.1) is 22.7 Å². The molecule has 0 spiro atoms. The molecule has 0 unspecified atom stereocenters. The van der Waals surface area contributed by atoms with Crippen LogP contribution in [-0.4, -0.2) is 99.7 Å². The van der Waals surface area contributed by atoms with Gasteiger partial charge in [0, 0.05) is 42.2 Å². The summed E-state index contributed by atoms with van der Waals surface area (Å²) in [6, 6.07) is 0. The third-order valence-corrected chi connectivity index (χ3v) is 5.06. The van der Waals surface area contributed by atoms with E-state index in [4.69, 9.17) is 33.2 Å². The Kier molecular flexibility index (Phi) is 17.9. The van der Waals surface area contributed by atoms with Crippen molar-refractivity contribution < 1.29 is 71.8 Å². The molecule has 0 aliphatic carbocycles. The Bertz CT molecular complexity index is 1120. The zero-order valence-electron chi connectivity index (χ0n) is 23.7. The van der Waals surface area contributed by atoms with E-state index in [1.807, 2.05) is 11.8 Å². The van der Waals surface area contributed by atoms with Crippen LogP contribution in [0.25, 0.3) is 0 Å². The summed E-state index contributed by atoms with van der Waals surface area (Å²) in [5, 5.41) is 9.86. The molecule has 0 amide bonds. The van der Waals surface area contributed by atoms with E-state index < -0.39 is 105 Å². The summed E-state index contributed by atoms with van der Waals surface area (Å²) < 4.78 is 34.7. The van der Waals surface area contributed by atoms with Gasteiger partial charge in [-0.25, -0.2) is 33.6 Å². The lowest BCUT2D eigenvalue weighted by Gasteiger charge is -2.30. The Hall–Kier alpha value is -5.49. The van der Waals surface area contributed by atoms with Gasteiger partial charge in [-0.2, -0.15) is 0 Å². The van der Waals surface area contributed by atoms with Gasteiger partial charge in [0.25, 0.3) is 0 Å². The van der Waals surface area contributed by atoms with Crippen molar-refractivity contribution in [1.82, 2.24) is 0 Å². The average molecular weight is 621 g/mol. The van der Waals surface area contributed by atoms with Crippen LogP contribution in [-0.2, 0) is 66.7 Å². The van der Waals surface area contributed by atoms with Gasteiger partial charge in [-0.1, -0.05) is 32.9 Å². The van der Waals surface area contributed by atoms with Gasteiger partial charge in [0.15, 0.2) is 0 Å². The Morgan fingerprint density at radius 2 is 0.682 bits per heavy atom. The highest BCUT2D eigenvalue weighted by molar-refractivity contribution is 5.98. The Morgan fingerprint density at radius 1 is 0.455 bits per heavy atom. The highest BCUT2D eigenvalue weighted by atomic mass is 16.6. The van der Waals surface area contributed by atoms with Gasteiger partial charge in [-0.15, -0.1) is 0 Å². The molecule has 1 N–H and O–H groups in total. The third kappa shape index (κ3) is 15.5. The van der Waals surface area contributed by atoms with Crippen LogP contribution in [0.1, 0.15) is 0 Å². The SMILES string of the molecule is C=CC(=O)OCC(CO)(COC(=O)C#CC(=O)OCC(COC(=O)C=C)(COC(=O)C=C)COC(=O)C=C)COC(=O)C=C. The van der Waals surface area contributed by atoms with Crippen molar-refractivity contribution in [3.63, 3.8) is 0 Å². The molecule has 0 aromatic rings. The van der Waals surface area contributed by atoms with Gasteiger partial charge in [-0.3, -0.25) is 0 Å². The van der Waals surface area contributed by atoms with Crippen molar-refractivity contribution in [2.75, 3.05) is 52.9 Å². The predicted octanol–water partition coefficient (Wildman–Crippen LogP) is -0.313. The molecule has 0 radical (unpaired) electrons. The van der Waals surface area contributed by atoms with Gasteiger partial charge in [0.2, 0.25) is 0 Å². The molecule has 0 aliphatic rings. The molecular weight excluding hydrogens is 588 g/mol. The zero-order chi connectivity index (χ0) is 33.6. The fraction of sp³-hybridized carbons (Fsp3) is 0.345. The van der Waals surface area contributed by atoms with Gasteiger partial charge < -0.3 is 38.3 Å². The molecule has 0 fully saturated rings. The van der Waals surface area contributed by atoms with Gasteiger partial charge >= 0.3 is 41.8 Å². The number of hydrogen-bond donors (Lipinski definition) is 1. The number of ether oxygens (including phenoxy) is 7. The first-order valence-corrected chi connectivity index (χ1v) is 12.3. The fourth-order valence-corrected chi connectivity index (χ4v) is 2.54. The normalized spacial score (nSPS) is 10.2. The molecule has 0 saturated heterocycles. The molecule has 15 heteroatoms. The number of aliphatic hydroxyl groups excluding tert-OH is 1. The summed E-state index contributed by atoms with van der Waals surface area (Å²) in [6.07, 6.45) is 4.17. The van der Waals surface area contributed by atoms with Crippen LogP contribution in [0.5, 0.6) is 0 Å². The maximum atomic E-state index is 12.3. The number of carbonyl (C=O) groups excluding carboxylic acids is 7. The van der Waals surface area contributed by atoms with Gasteiger partial charge in [-0.05, 0) is 0 Å². The summed E-state index contributed by atoms with van der Waals surface area (Å²) in [4.78, 5) is 82.4. The van der Waals surface area contributed by atoms with E-state index in [-0.39, 0.29) is 0 Å². The molecule has 0 rings (SSSR count). The van der Waals surface area contributed by atoms with E-state index in [2.05, 4.69) is 32.9 Å². The molecule has 0 aliphatic heterocycles. The van der Waals surface area contributed by atoms with Crippen LogP contribution in [0.4, 0.5) is 0 Å². The Balaban J connectivity index is 5.70. The van der Waals surface area contributed by atoms with E-state index in [9.17, 15) is 38.7 Å². The minimum Gasteiger partial charge on any atom is -0.462 e. The van der Waals surface area contributed by atoms with E-state index >= 15 is 0 Å². The maximum Gasteiger partial charge on any atom is 0.384 e. The van der Waals surface area contributed by atoms with Crippen LogP contribution in [0.2, 0.25) is 0 Å². The lowest BCUT2D eigenvalue weighted by atomic mass is 9.92. The highest BCUT2D eigenvalue weighted by Crippen LogP contribution is 2.22. The molecule has 0 bridgehead atoms. The number of esters is 7. The largest absolute Gasteiger partial charge is 0.462 e. The fourth-order valence-electron chi connectivity index (χ4n) is 2.54. The minimum atomic E-state index is -1.64. The summed E-state index contributed by atoms with van der Waals surface area (Å²) in [5.74, 6) is -3.37. The third-order valence-electron chi connectivity index (χ3n) is 5.06. The van der Waals surface area contributed by atoms with Crippen LogP contribution in [0.3, 0.4) is 0 Å². The molecule has 15 nitrogen and oxygen atoms in total. The van der Waals surface area contributed by atoms with E-state index in [1.165, 1.54) is 0 Å². The predicted molar refractivity (Wildman–Crippen MR) is 147 cm³/mol. The van der Waals surface area contributed by atoms with Crippen molar-refractivity contribution in [2.45, 2.75) is 0 Å². The number of rotatable bonds is 20. The first kappa shape index (κ1) is 38.5. The lowest BCUT2D eigenvalue weighted by molar-refractivity contribution is -0.165. The van der Waals surface area contributed by atoms with Crippen molar-refractivity contribution >= 4 is 41.8 Å². The topological polar surface area (TPSA) is 204 Å². The maximum absolute atomic E-state index is 12.3. The summed E-state index contributed by atoms with van der Waals surface area (Å²) in [6.45, 7) is 11.1. The summed E-state index contributed by atoms with van der Waals surface area (Å²) >= 11 is 0. The second-order valence-corrected chi connectivity index (χ2v) is 8.62.